The molecule has 2 aliphatic heterocycles. The van der Waals surface area contributed by atoms with Gasteiger partial charge in [0.2, 0.25) is 5.91 Å². The van der Waals surface area contributed by atoms with E-state index in [1.807, 2.05) is 23.2 Å². The largest absolute Gasteiger partial charge is 0.382 e. The third-order valence-corrected chi connectivity index (χ3v) is 12.1. The van der Waals surface area contributed by atoms with Gasteiger partial charge in [-0.25, -0.2) is 4.39 Å². The van der Waals surface area contributed by atoms with E-state index in [0.717, 1.165) is 73.0 Å². The highest BCUT2D eigenvalue weighted by molar-refractivity contribution is 5.99. The predicted octanol–water partition coefficient (Wildman–Crippen LogP) is 8.12. The number of aryl methyl sites for hydroxylation is 1. The normalized spacial score (nSPS) is 24.8. The van der Waals surface area contributed by atoms with Gasteiger partial charge in [-0.05, 0) is 125 Å². The highest BCUT2D eigenvalue weighted by atomic mass is 19.1. The molecule has 0 bridgehead atoms. The molecule has 4 aliphatic rings. The van der Waals surface area contributed by atoms with Crippen molar-refractivity contribution in [2.24, 2.45) is 11.8 Å². The standard InChI is InChI=1S/C41H49FN6O2/c1-26-7-5-11-35(42)38(26)41(50)47-36-12-6-8-28(36)24-34(39(47)27-13-15-31(16-14-27)44-30-9-3-4-10-30)40(49)45-32-17-18-37-29(23-32)25-43-48(37)33-19-21-46(2)22-20-33/h5,7,11,13-18,23,25,28,30,33-34,36,39,44H,3-4,6,8-10,12,19-22,24H2,1-2H3,(H,45,49). The van der Waals surface area contributed by atoms with Crippen LogP contribution in [0.3, 0.4) is 0 Å². The van der Waals surface area contributed by atoms with E-state index in [1.165, 1.54) is 31.7 Å². The van der Waals surface area contributed by atoms with E-state index in [-0.39, 0.29) is 29.3 Å². The monoisotopic (exact) mass is 676 g/mol. The molecule has 0 radical (unpaired) electrons. The summed E-state index contributed by atoms with van der Waals surface area (Å²) in [5.41, 5.74) is 4.47. The molecule has 2 N–H and O–H groups in total. The summed E-state index contributed by atoms with van der Waals surface area (Å²) >= 11 is 0. The van der Waals surface area contributed by atoms with Crippen LogP contribution in [-0.4, -0.2) is 63.6 Å². The summed E-state index contributed by atoms with van der Waals surface area (Å²) in [6.45, 7) is 3.90. The molecule has 8 nitrogen and oxygen atoms in total. The lowest BCUT2D eigenvalue weighted by molar-refractivity contribution is -0.125. The summed E-state index contributed by atoms with van der Waals surface area (Å²) in [6, 6.07) is 19.4. The summed E-state index contributed by atoms with van der Waals surface area (Å²) in [6.07, 6.45) is 12.3. The SMILES string of the molecule is Cc1cccc(F)c1C(=O)N1C2CCCC2CC(C(=O)Nc2ccc3c(cnn3C3CCN(C)CC3)c2)C1c1ccc(NC2CCCC2)cc1. The van der Waals surface area contributed by atoms with Gasteiger partial charge in [0.05, 0.1) is 35.3 Å². The molecule has 4 atom stereocenters. The minimum Gasteiger partial charge on any atom is -0.382 e. The molecule has 262 valence electrons. The van der Waals surface area contributed by atoms with E-state index in [9.17, 15) is 9.59 Å². The van der Waals surface area contributed by atoms with E-state index < -0.39 is 17.8 Å². The molecule has 9 heteroatoms. The van der Waals surface area contributed by atoms with E-state index in [1.54, 1.807) is 19.1 Å². The Morgan fingerprint density at radius 1 is 0.880 bits per heavy atom. The van der Waals surface area contributed by atoms with Crippen LogP contribution in [0.5, 0.6) is 0 Å². The van der Waals surface area contributed by atoms with Gasteiger partial charge in [0, 0.05) is 28.8 Å². The fourth-order valence-electron chi connectivity index (χ4n) is 9.44. The van der Waals surface area contributed by atoms with E-state index in [0.29, 0.717) is 24.1 Å². The molecule has 2 amide bonds. The summed E-state index contributed by atoms with van der Waals surface area (Å²) in [7, 11) is 2.16. The van der Waals surface area contributed by atoms with Crippen molar-refractivity contribution in [3.63, 3.8) is 0 Å². The second-order valence-corrected chi connectivity index (χ2v) is 15.3. The molecular weight excluding hydrogens is 627 g/mol. The molecule has 2 aliphatic carbocycles. The summed E-state index contributed by atoms with van der Waals surface area (Å²) < 4.78 is 17.6. The number of amides is 2. The Kier molecular flexibility index (Phi) is 9.10. The van der Waals surface area contributed by atoms with Gasteiger partial charge in [-0.2, -0.15) is 5.10 Å². The minimum absolute atomic E-state index is 0.0476. The number of fused-ring (bicyclic) bond motifs is 2. The van der Waals surface area contributed by atoms with Gasteiger partial charge >= 0.3 is 0 Å². The number of halogens is 1. The third-order valence-electron chi connectivity index (χ3n) is 12.1. The average molecular weight is 677 g/mol. The number of aromatic nitrogens is 2. The maximum atomic E-state index is 15.4. The Hall–Kier alpha value is -4.24. The molecule has 1 aromatic heterocycles. The van der Waals surface area contributed by atoms with Crippen LogP contribution in [0, 0.1) is 24.6 Å². The van der Waals surface area contributed by atoms with Crippen molar-refractivity contribution in [2.75, 3.05) is 30.8 Å². The number of carbonyl (C=O) groups is 2. The molecule has 4 fully saturated rings. The van der Waals surface area contributed by atoms with Gasteiger partial charge in [0.1, 0.15) is 5.82 Å². The number of piperidine rings is 2. The fourth-order valence-corrected chi connectivity index (χ4v) is 9.44. The Balaban J connectivity index is 1.12. The lowest BCUT2D eigenvalue weighted by atomic mass is 9.76. The molecule has 3 aromatic carbocycles. The number of rotatable bonds is 7. The summed E-state index contributed by atoms with van der Waals surface area (Å²) in [4.78, 5) is 33.4. The zero-order chi connectivity index (χ0) is 34.4. The van der Waals surface area contributed by atoms with Crippen molar-refractivity contribution in [3.05, 3.63) is 89.4 Å². The first-order valence-electron chi connectivity index (χ1n) is 18.7. The zero-order valence-electron chi connectivity index (χ0n) is 29.3. The molecule has 50 heavy (non-hydrogen) atoms. The lowest BCUT2D eigenvalue weighted by Gasteiger charge is -2.48. The van der Waals surface area contributed by atoms with Crippen molar-refractivity contribution < 1.29 is 14.0 Å². The zero-order valence-corrected chi connectivity index (χ0v) is 29.3. The van der Waals surface area contributed by atoms with Crippen LogP contribution in [0.1, 0.15) is 97.8 Å². The quantitative estimate of drug-likeness (QED) is 0.207. The number of likely N-dealkylation sites (tertiary alicyclic amines) is 2. The van der Waals surface area contributed by atoms with Gasteiger partial charge in [-0.1, -0.05) is 43.5 Å². The number of anilines is 2. The molecule has 8 rings (SSSR count). The molecule has 4 unspecified atom stereocenters. The smallest absolute Gasteiger partial charge is 0.257 e. The second-order valence-electron chi connectivity index (χ2n) is 15.3. The molecule has 2 saturated carbocycles. The van der Waals surface area contributed by atoms with Gasteiger partial charge < -0.3 is 20.4 Å². The van der Waals surface area contributed by atoms with Crippen molar-refractivity contribution in [1.29, 1.82) is 0 Å². The summed E-state index contributed by atoms with van der Waals surface area (Å²) in [5.74, 6) is -1.28. The number of benzene rings is 3. The van der Waals surface area contributed by atoms with Gasteiger partial charge in [0.25, 0.3) is 5.91 Å². The first-order valence-corrected chi connectivity index (χ1v) is 18.7. The average Bonchev–Trinajstić information content (AvgIpc) is 3.90. The van der Waals surface area contributed by atoms with Crippen LogP contribution in [0.4, 0.5) is 15.8 Å². The first-order chi connectivity index (χ1) is 24.3. The fraction of sp³-hybridized carbons (Fsp3) is 0.488. The van der Waals surface area contributed by atoms with Crippen molar-refractivity contribution in [2.45, 2.75) is 95.3 Å². The van der Waals surface area contributed by atoms with Gasteiger partial charge in [-0.15, -0.1) is 0 Å². The van der Waals surface area contributed by atoms with Crippen LogP contribution >= 0.6 is 0 Å². The van der Waals surface area contributed by atoms with Crippen molar-refractivity contribution in [1.82, 2.24) is 19.6 Å². The number of hydrogen-bond acceptors (Lipinski definition) is 5. The number of nitrogens with zero attached hydrogens (tertiary/aromatic N) is 4. The molecular formula is C41H49FN6O2. The molecule has 4 aromatic rings. The van der Waals surface area contributed by atoms with E-state index >= 15 is 4.39 Å². The number of hydrogen-bond donors (Lipinski definition) is 2. The number of nitrogens with one attached hydrogen (secondary N) is 2. The second kappa shape index (κ2) is 13.8. The Bertz CT molecular complexity index is 1840. The highest BCUT2D eigenvalue weighted by Gasteiger charge is 2.50. The first kappa shape index (κ1) is 32.9. The lowest BCUT2D eigenvalue weighted by Crippen LogP contribution is -2.54. The van der Waals surface area contributed by atoms with Gasteiger partial charge in [0.15, 0.2) is 0 Å². The van der Waals surface area contributed by atoms with Crippen molar-refractivity contribution in [3.8, 4) is 0 Å². The molecule has 0 spiro atoms. The van der Waals surface area contributed by atoms with Gasteiger partial charge in [-0.3, -0.25) is 14.3 Å². The highest BCUT2D eigenvalue weighted by Crippen LogP contribution is 2.49. The maximum absolute atomic E-state index is 15.4. The molecule has 2 saturated heterocycles. The van der Waals surface area contributed by atoms with Crippen LogP contribution in [-0.2, 0) is 4.79 Å². The Morgan fingerprint density at radius 2 is 1.64 bits per heavy atom. The van der Waals surface area contributed by atoms with Crippen molar-refractivity contribution >= 4 is 34.1 Å². The van der Waals surface area contributed by atoms with Crippen LogP contribution in [0.15, 0.2) is 66.9 Å². The number of carbonyl (C=O) groups excluding carboxylic acids is 2. The Morgan fingerprint density at radius 3 is 2.40 bits per heavy atom. The molecule has 3 heterocycles. The van der Waals surface area contributed by atoms with E-state index in [4.69, 9.17) is 5.10 Å². The van der Waals surface area contributed by atoms with Crippen LogP contribution in [0.25, 0.3) is 10.9 Å². The van der Waals surface area contributed by atoms with Crippen LogP contribution < -0.4 is 10.6 Å². The minimum atomic E-state index is -0.530. The van der Waals surface area contributed by atoms with E-state index in [2.05, 4.69) is 57.6 Å². The third kappa shape index (κ3) is 6.29. The summed E-state index contributed by atoms with van der Waals surface area (Å²) in [5, 5.41) is 12.7. The Labute approximate surface area is 294 Å². The van der Waals surface area contributed by atoms with Crippen LogP contribution in [0.2, 0.25) is 0 Å². The maximum Gasteiger partial charge on any atom is 0.257 e. The topological polar surface area (TPSA) is 82.5 Å². The predicted molar refractivity (Wildman–Crippen MR) is 196 cm³/mol.